The van der Waals surface area contributed by atoms with Gasteiger partial charge in [-0.15, -0.1) is 0 Å². The van der Waals surface area contributed by atoms with E-state index in [9.17, 15) is 33.3 Å². The van der Waals surface area contributed by atoms with Crippen LogP contribution in [-0.4, -0.2) is 33.3 Å². The first-order chi connectivity index (χ1) is 18.3. The van der Waals surface area contributed by atoms with Gasteiger partial charge in [-0.25, -0.2) is 0 Å². The Morgan fingerprint density at radius 2 is 1.72 bits per heavy atom. The predicted molar refractivity (Wildman–Crippen MR) is 143 cm³/mol. The highest BCUT2D eigenvalue weighted by Gasteiger charge is 2.31. The van der Waals surface area contributed by atoms with Crippen molar-refractivity contribution in [2.75, 3.05) is 6.54 Å². The van der Waals surface area contributed by atoms with Crippen LogP contribution in [0.3, 0.4) is 0 Å². The first kappa shape index (κ1) is 30.4. The maximum absolute atomic E-state index is 13.0. The number of halogens is 4. The van der Waals surface area contributed by atoms with Crippen molar-refractivity contribution in [2.24, 2.45) is 0 Å². The molecule has 0 aliphatic carbocycles. The molecule has 3 aromatic rings. The van der Waals surface area contributed by atoms with E-state index in [4.69, 9.17) is 11.6 Å². The summed E-state index contributed by atoms with van der Waals surface area (Å²) in [6.45, 7) is 3.74. The van der Waals surface area contributed by atoms with Gasteiger partial charge in [-0.05, 0) is 72.9 Å². The number of rotatable bonds is 11. The summed E-state index contributed by atoms with van der Waals surface area (Å²) in [5.41, 5.74) is 1.55. The van der Waals surface area contributed by atoms with Gasteiger partial charge in [-0.1, -0.05) is 41.9 Å². The summed E-state index contributed by atoms with van der Waals surface area (Å²) < 4.78 is 39.0. The van der Waals surface area contributed by atoms with Crippen molar-refractivity contribution >= 4 is 17.5 Å². The molecule has 3 rings (SSSR count). The number of alkyl halides is 3. The van der Waals surface area contributed by atoms with Crippen molar-refractivity contribution in [3.8, 4) is 5.75 Å². The van der Waals surface area contributed by atoms with E-state index in [0.29, 0.717) is 17.5 Å². The Morgan fingerprint density at radius 3 is 2.41 bits per heavy atom. The van der Waals surface area contributed by atoms with E-state index in [2.05, 4.69) is 10.6 Å². The standard InChI is InChI=1S/C29H32ClF3N2O4/c1-28(2,35-16-26(38)20-6-9-25(37)22(12-20)17-36)14-19-5-3-4-18(10-19)11-27(39)34-15-21-13-23(29(31,32)33)7-8-24(21)30/h3-10,12-13,26,35-38H,11,14-17H2,1-2H3,(H,34,39). The Labute approximate surface area is 230 Å². The molecule has 1 atom stereocenters. The van der Waals surface area contributed by atoms with Gasteiger partial charge in [0.25, 0.3) is 0 Å². The van der Waals surface area contributed by atoms with E-state index >= 15 is 0 Å². The maximum atomic E-state index is 13.0. The molecule has 5 N–H and O–H groups in total. The molecule has 0 radical (unpaired) electrons. The van der Waals surface area contributed by atoms with Crippen molar-refractivity contribution in [3.05, 3.63) is 99.1 Å². The maximum Gasteiger partial charge on any atom is 0.416 e. The van der Waals surface area contributed by atoms with Gasteiger partial charge in [0.2, 0.25) is 5.91 Å². The molecule has 0 fully saturated rings. The fourth-order valence-corrected chi connectivity index (χ4v) is 4.37. The van der Waals surface area contributed by atoms with Gasteiger partial charge >= 0.3 is 6.18 Å². The number of amides is 1. The largest absolute Gasteiger partial charge is 0.508 e. The normalized spacial score (nSPS) is 12.8. The number of aromatic hydroxyl groups is 1. The number of nitrogens with one attached hydrogen (secondary N) is 2. The van der Waals surface area contributed by atoms with Crippen molar-refractivity contribution < 1.29 is 33.3 Å². The Bertz CT molecular complexity index is 1300. The predicted octanol–water partition coefficient (Wildman–Crippen LogP) is 5.06. The average Bonchev–Trinajstić information content (AvgIpc) is 2.86. The molecule has 6 nitrogen and oxygen atoms in total. The van der Waals surface area contributed by atoms with Crippen LogP contribution in [-0.2, 0) is 37.0 Å². The van der Waals surface area contributed by atoms with E-state index in [1.165, 1.54) is 12.1 Å². The number of carbonyl (C=O) groups is 1. The summed E-state index contributed by atoms with van der Waals surface area (Å²) in [6, 6.07) is 15.0. The van der Waals surface area contributed by atoms with Crippen LogP contribution >= 0.6 is 11.6 Å². The van der Waals surface area contributed by atoms with Crippen molar-refractivity contribution in [1.82, 2.24) is 10.6 Å². The van der Waals surface area contributed by atoms with Crippen LogP contribution in [0.4, 0.5) is 13.2 Å². The minimum Gasteiger partial charge on any atom is -0.508 e. The first-order valence-electron chi connectivity index (χ1n) is 12.3. The van der Waals surface area contributed by atoms with Crippen LogP contribution in [0.2, 0.25) is 5.02 Å². The summed E-state index contributed by atoms with van der Waals surface area (Å²) >= 11 is 6.01. The molecule has 0 saturated carbocycles. The third-order valence-electron chi connectivity index (χ3n) is 6.28. The lowest BCUT2D eigenvalue weighted by molar-refractivity contribution is -0.137. The van der Waals surface area contributed by atoms with Crippen LogP contribution in [0.25, 0.3) is 0 Å². The highest BCUT2D eigenvalue weighted by atomic mass is 35.5. The molecule has 0 bridgehead atoms. The molecule has 0 heterocycles. The second-order valence-corrected chi connectivity index (χ2v) is 10.5. The number of aliphatic hydroxyl groups is 2. The van der Waals surface area contributed by atoms with E-state index in [1.807, 2.05) is 32.0 Å². The topological polar surface area (TPSA) is 102 Å². The molecule has 0 spiro atoms. The molecule has 39 heavy (non-hydrogen) atoms. The molecule has 10 heteroatoms. The lowest BCUT2D eigenvalue weighted by Gasteiger charge is -2.28. The van der Waals surface area contributed by atoms with Gasteiger partial charge in [0.05, 0.1) is 24.7 Å². The summed E-state index contributed by atoms with van der Waals surface area (Å²) in [4.78, 5) is 12.5. The van der Waals surface area contributed by atoms with Crippen molar-refractivity contribution in [3.63, 3.8) is 0 Å². The number of hydrogen-bond acceptors (Lipinski definition) is 5. The van der Waals surface area contributed by atoms with Gasteiger partial charge in [-0.3, -0.25) is 4.79 Å². The SMILES string of the molecule is CC(C)(Cc1cccc(CC(=O)NCc2cc(C(F)(F)F)ccc2Cl)c1)NCC(O)c1ccc(O)c(CO)c1. The lowest BCUT2D eigenvalue weighted by atomic mass is 9.93. The Balaban J connectivity index is 1.55. The molecule has 1 amide bonds. The van der Waals surface area contributed by atoms with Gasteiger partial charge in [-0.2, -0.15) is 13.2 Å². The zero-order chi connectivity index (χ0) is 28.8. The average molecular weight is 565 g/mol. The highest BCUT2D eigenvalue weighted by Crippen LogP contribution is 2.31. The number of aliphatic hydroxyl groups excluding tert-OH is 2. The molecule has 0 aliphatic rings. The van der Waals surface area contributed by atoms with E-state index in [0.717, 1.165) is 23.3 Å². The smallest absolute Gasteiger partial charge is 0.416 e. The number of β-amino-alcohol motifs (C(OH)–C–C–N with tert-alkyl or cyclic N) is 1. The lowest BCUT2D eigenvalue weighted by Crippen LogP contribution is -2.43. The second-order valence-electron chi connectivity index (χ2n) is 10.1. The minimum absolute atomic E-state index is 0.0326. The third kappa shape index (κ3) is 8.96. The number of phenols is 1. The molecule has 1 unspecified atom stereocenters. The summed E-state index contributed by atoms with van der Waals surface area (Å²) in [7, 11) is 0. The number of benzene rings is 3. The summed E-state index contributed by atoms with van der Waals surface area (Å²) in [5, 5.41) is 35.7. The molecule has 210 valence electrons. The van der Waals surface area contributed by atoms with Crippen LogP contribution in [0, 0.1) is 0 Å². The van der Waals surface area contributed by atoms with Crippen LogP contribution in [0.15, 0.2) is 60.7 Å². The fourth-order valence-electron chi connectivity index (χ4n) is 4.18. The van der Waals surface area contributed by atoms with Crippen molar-refractivity contribution in [2.45, 2.75) is 57.7 Å². The van der Waals surface area contributed by atoms with Gasteiger partial charge in [0, 0.05) is 29.2 Å². The molecular formula is C29H32ClF3N2O4. The second kappa shape index (κ2) is 12.8. The van der Waals surface area contributed by atoms with Crippen LogP contribution in [0.5, 0.6) is 5.75 Å². The molecule has 0 aliphatic heterocycles. The molecular weight excluding hydrogens is 533 g/mol. The fraction of sp³-hybridized carbons (Fsp3) is 0.345. The van der Waals surface area contributed by atoms with E-state index in [-0.39, 0.29) is 48.4 Å². The van der Waals surface area contributed by atoms with Gasteiger partial charge in [0.15, 0.2) is 0 Å². The third-order valence-corrected chi connectivity index (χ3v) is 6.65. The van der Waals surface area contributed by atoms with Gasteiger partial charge in [0.1, 0.15) is 5.75 Å². The minimum atomic E-state index is -4.50. The molecule has 0 aromatic heterocycles. The van der Waals surface area contributed by atoms with E-state index < -0.39 is 23.4 Å². The van der Waals surface area contributed by atoms with E-state index in [1.54, 1.807) is 18.2 Å². The summed E-state index contributed by atoms with van der Waals surface area (Å²) in [5.74, 6) is -0.382. The highest BCUT2D eigenvalue weighted by molar-refractivity contribution is 6.31. The van der Waals surface area contributed by atoms with Gasteiger partial charge < -0.3 is 26.0 Å². The number of hydrogen-bond donors (Lipinski definition) is 5. The zero-order valence-corrected chi connectivity index (χ0v) is 22.4. The Hall–Kier alpha value is -3.11. The quantitative estimate of drug-likeness (QED) is 0.224. The Kier molecular flexibility index (Phi) is 10.0. The van der Waals surface area contributed by atoms with Crippen molar-refractivity contribution in [1.29, 1.82) is 0 Å². The molecule has 0 saturated heterocycles. The summed E-state index contributed by atoms with van der Waals surface area (Å²) in [6.07, 6.45) is -4.72. The zero-order valence-electron chi connectivity index (χ0n) is 21.6. The number of carbonyl (C=O) groups excluding carboxylic acids is 1. The first-order valence-corrected chi connectivity index (χ1v) is 12.7. The van der Waals surface area contributed by atoms with Crippen LogP contribution < -0.4 is 10.6 Å². The van der Waals surface area contributed by atoms with Crippen LogP contribution in [0.1, 0.15) is 53.3 Å². The molecule has 3 aromatic carbocycles. The Morgan fingerprint density at radius 1 is 1.00 bits per heavy atom. The monoisotopic (exact) mass is 564 g/mol.